The number of ether oxygens (including phenoxy) is 2. The van der Waals surface area contributed by atoms with Crippen LogP contribution in [0.1, 0.15) is 44.6 Å². The second-order valence-electron chi connectivity index (χ2n) is 7.60. The summed E-state index contributed by atoms with van der Waals surface area (Å²) in [4.78, 5) is 0. The molecule has 1 saturated carbocycles. The largest absolute Gasteiger partial charge is 0.432 e. The maximum atomic E-state index is 14.4. The number of hydrogen-bond acceptors (Lipinski definition) is 2. The molecule has 1 unspecified atom stereocenters. The zero-order chi connectivity index (χ0) is 20.9. The standard InChI is InChI=1S/C20H26F6O2/c1-13-3-6-15(7-4-13)20(25,26)28-17-8-5-14(18(21)12-17)11-16(9-10-27-2)19(22,23)24/h5,8,12-13,15-16H,3-4,6-7,9-11H2,1-2H3. The average Bonchev–Trinajstić information content (AvgIpc) is 2.59. The lowest BCUT2D eigenvalue weighted by Gasteiger charge is -2.32. The van der Waals surface area contributed by atoms with Gasteiger partial charge in [-0.25, -0.2) is 4.39 Å². The van der Waals surface area contributed by atoms with Gasteiger partial charge in [0.05, 0.1) is 11.8 Å². The van der Waals surface area contributed by atoms with Gasteiger partial charge in [-0.3, -0.25) is 0 Å². The van der Waals surface area contributed by atoms with Gasteiger partial charge >= 0.3 is 12.3 Å². The number of alkyl halides is 5. The third-order valence-electron chi connectivity index (χ3n) is 5.37. The maximum absolute atomic E-state index is 14.4. The summed E-state index contributed by atoms with van der Waals surface area (Å²) in [7, 11) is 1.29. The van der Waals surface area contributed by atoms with Crippen molar-refractivity contribution in [1.29, 1.82) is 0 Å². The molecule has 0 heterocycles. The van der Waals surface area contributed by atoms with Gasteiger partial charge in [-0.05, 0) is 43.2 Å². The average molecular weight is 412 g/mol. The molecule has 28 heavy (non-hydrogen) atoms. The first-order valence-electron chi connectivity index (χ1n) is 9.43. The van der Waals surface area contributed by atoms with E-state index in [0.29, 0.717) is 31.6 Å². The van der Waals surface area contributed by atoms with Crippen molar-refractivity contribution in [2.75, 3.05) is 13.7 Å². The highest BCUT2D eigenvalue weighted by Gasteiger charge is 2.44. The number of halogens is 6. The van der Waals surface area contributed by atoms with Crippen LogP contribution >= 0.6 is 0 Å². The summed E-state index contributed by atoms with van der Waals surface area (Å²) in [5, 5.41) is 0. The summed E-state index contributed by atoms with van der Waals surface area (Å²) >= 11 is 0. The van der Waals surface area contributed by atoms with E-state index < -0.39 is 36.4 Å². The fraction of sp³-hybridized carbons (Fsp3) is 0.700. The zero-order valence-corrected chi connectivity index (χ0v) is 16.0. The van der Waals surface area contributed by atoms with Gasteiger partial charge in [0.25, 0.3) is 0 Å². The molecule has 1 atom stereocenters. The Morgan fingerprint density at radius 3 is 2.25 bits per heavy atom. The van der Waals surface area contributed by atoms with E-state index in [2.05, 4.69) is 4.74 Å². The van der Waals surface area contributed by atoms with E-state index in [0.717, 1.165) is 18.2 Å². The molecule has 160 valence electrons. The molecule has 2 nitrogen and oxygen atoms in total. The van der Waals surface area contributed by atoms with Gasteiger partial charge in [-0.2, -0.15) is 22.0 Å². The molecule has 1 aromatic rings. The van der Waals surface area contributed by atoms with Crippen LogP contribution in [-0.4, -0.2) is 26.0 Å². The molecule has 1 aromatic carbocycles. The Balaban J connectivity index is 2.06. The molecule has 0 radical (unpaired) electrons. The Hall–Kier alpha value is -1.44. The first-order chi connectivity index (χ1) is 13.0. The summed E-state index contributed by atoms with van der Waals surface area (Å²) in [6.07, 6.45) is -6.85. The highest BCUT2D eigenvalue weighted by Crippen LogP contribution is 2.40. The van der Waals surface area contributed by atoms with Crippen molar-refractivity contribution in [3.05, 3.63) is 29.6 Å². The predicted molar refractivity (Wildman–Crippen MR) is 92.8 cm³/mol. The maximum Gasteiger partial charge on any atom is 0.400 e. The van der Waals surface area contributed by atoms with Crippen LogP contribution in [-0.2, 0) is 11.2 Å². The fourth-order valence-corrected chi connectivity index (χ4v) is 3.50. The molecule has 0 aliphatic heterocycles. The Morgan fingerprint density at radius 2 is 1.71 bits per heavy atom. The van der Waals surface area contributed by atoms with Crippen LogP contribution in [0.3, 0.4) is 0 Å². The van der Waals surface area contributed by atoms with E-state index >= 15 is 0 Å². The number of benzene rings is 1. The quantitative estimate of drug-likeness (QED) is 0.461. The highest BCUT2D eigenvalue weighted by atomic mass is 19.4. The van der Waals surface area contributed by atoms with Gasteiger partial charge in [-0.1, -0.05) is 25.8 Å². The Morgan fingerprint density at radius 1 is 1.07 bits per heavy atom. The monoisotopic (exact) mass is 412 g/mol. The van der Waals surface area contributed by atoms with E-state index in [1.807, 2.05) is 6.92 Å². The minimum atomic E-state index is -4.51. The minimum absolute atomic E-state index is 0.112. The molecule has 1 aliphatic carbocycles. The van der Waals surface area contributed by atoms with E-state index in [1.54, 1.807) is 0 Å². The van der Waals surface area contributed by atoms with Crippen molar-refractivity contribution in [3.63, 3.8) is 0 Å². The molecule has 0 bridgehead atoms. The lowest BCUT2D eigenvalue weighted by atomic mass is 9.82. The number of hydrogen-bond donors (Lipinski definition) is 0. The first-order valence-corrected chi connectivity index (χ1v) is 9.43. The fourth-order valence-electron chi connectivity index (χ4n) is 3.50. The van der Waals surface area contributed by atoms with Crippen LogP contribution in [0.4, 0.5) is 26.3 Å². The molecule has 0 amide bonds. The van der Waals surface area contributed by atoms with Gasteiger partial charge in [0.1, 0.15) is 11.6 Å². The molecule has 0 N–H and O–H groups in total. The van der Waals surface area contributed by atoms with Crippen LogP contribution in [0.25, 0.3) is 0 Å². The van der Waals surface area contributed by atoms with Crippen LogP contribution < -0.4 is 4.74 Å². The molecule has 0 saturated heterocycles. The Labute approximate surface area is 161 Å². The van der Waals surface area contributed by atoms with E-state index in [4.69, 9.17) is 4.74 Å². The van der Waals surface area contributed by atoms with Gasteiger partial charge < -0.3 is 9.47 Å². The highest BCUT2D eigenvalue weighted by molar-refractivity contribution is 5.29. The topological polar surface area (TPSA) is 18.5 Å². The second-order valence-corrected chi connectivity index (χ2v) is 7.60. The van der Waals surface area contributed by atoms with Crippen molar-refractivity contribution < 1.29 is 35.8 Å². The SMILES string of the molecule is COCCC(Cc1ccc(OC(F)(F)C2CCC(C)CC2)cc1F)C(F)(F)F. The van der Waals surface area contributed by atoms with Crippen LogP contribution in [0.5, 0.6) is 5.75 Å². The predicted octanol–water partition coefficient (Wildman–Crippen LogP) is 6.38. The van der Waals surface area contributed by atoms with Gasteiger partial charge in [0, 0.05) is 19.8 Å². The summed E-state index contributed by atoms with van der Waals surface area (Å²) in [5.74, 6) is -3.71. The molecule has 1 aliphatic rings. The molecule has 8 heteroatoms. The lowest BCUT2D eigenvalue weighted by molar-refractivity contribution is -0.223. The molecule has 2 rings (SSSR count). The summed E-state index contributed by atoms with van der Waals surface area (Å²) in [5.41, 5.74) is -0.194. The van der Waals surface area contributed by atoms with Crippen molar-refractivity contribution in [3.8, 4) is 5.75 Å². The van der Waals surface area contributed by atoms with Gasteiger partial charge in [0.2, 0.25) is 0 Å². The Kier molecular flexibility index (Phi) is 7.65. The van der Waals surface area contributed by atoms with Crippen molar-refractivity contribution in [1.82, 2.24) is 0 Å². The zero-order valence-electron chi connectivity index (χ0n) is 16.0. The first kappa shape index (κ1) is 22.8. The number of rotatable bonds is 8. The Bertz CT molecular complexity index is 624. The summed E-state index contributed by atoms with van der Waals surface area (Å²) < 4.78 is 91.7. The second kappa shape index (κ2) is 9.37. The van der Waals surface area contributed by atoms with Crippen molar-refractivity contribution in [2.24, 2.45) is 17.8 Å². The lowest BCUT2D eigenvalue weighted by Crippen LogP contribution is -2.37. The van der Waals surface area contributed by atoms with E-state index in [-0.39, 0.29) is 24.3 Å². The van der Waals surface area contributed by atoms with E-state index in [9.17, 15) is 26.3 Å². The minimum Gasteiger partial charge on any atom is -0.432 e. The van der Waals surface area contributed by atoms with Crippen LogP contribution in [0.15, 0.2) is 18.2 Å². The molecular formula is C20H26F6O2. The summed E-state index contributed by atoms with van der Waals surface area (Å²) in [6, 6.07) is 2.91. The van der Waals surface area contributed by atoms with Gasteiger partial charge in [0.15, 0.2) is 0 Å². The number of methoxy groups -OCH3 is 1. The molecule has 0 aromatic heterocycles. The third kappa shape index (κ3) is 6.29. The van der Waals surface area contributed by atoms with Crippen molar-refractivity contribution in [2.45, 2.75) is 57.7 Å². The normalized spacial score (nSPS) is 22.1. The smallest absolute Gasteiger partial charge is 0.400 e. The third-order valence-corrected chi connectivity index (χ3v) is 5.37. The van der Waals surface area contributed by atoms with Crippen LogP contribution in [0, 0.1) is 23.6 Å². The molecular weight excluding hydrogens is 386 g/mol. The van der Waals surface area contributed by atoms with Crippen molar-refractivity contribution >= 4 is 0 Å². The molecule has 0 spiro atoms. The van der Waals surface area contributed by atoms with E-state index in [1.165, 1.54) is 7.11 Å². The van der Waals surface area contributed by atoms with Crippen LogP contribution in [0.2, 0.25) is 0 Å². The summed E-state index contributed by atoms with van der Waals surface area (Å²) in [6.45, 7) is 1.89. The molecule has 1 fully saturated rings. The van der Waals surface area contributed by atoms with Gasteiger partial charge in [-0.15, -0.1) is 0 Å².